The number of urea groups is 1. The number of rotatable bonds is 10. The van der Waals surface area contributed by atoms with E-state index < -0.39 is 0 Å². The standard InChI is InChI=1S/C28H35N3O.3C2H6/c1-3-8-22-12-14-24(15-13-22)25-16-18-27(19-17-25)31(21-26(29)9-4-2)28(32)30-20-23-10-6-5-7-11-23;3*1-2/h5-7,10-19,26H,3-4,8-9,20-21,29H2,1-2H3,(H,30,32);3*1-2H3. The van der Waals surface area contributed by atoms with Crippen LogP contribution in [0, 0.1) is 0 Å². The normalized spacial score (nSPS) is 10.3. The lowest BCUT2D eigenvalue weighted by atomic mass is 10.0. The smallest absolute Gasteiger partial charge is 0.322 e. The summed E-state index contributed by atoms with van der Waals surface area (Å²) < 4.78 is 0. The number of carbonyl (C=O) groups excluding carboxylic acids is 1. The van der Waals surface area contributed by atoms with Gasteiger partial charge in [-0.3, -0.25) is 4.90 Å². The molecule has 3 aromatic carbocycles. The van der Waals surface area contributed by atoms with Gasteiger partial charge in [0.2, 0.25) is 0 Å². The van der Waals surface area contributed by atoms with Crippen molar-refractivity contribution in [3.63, 3.8) is 0 Å². The topological polar surface area (TPSA) is 58.4 Å². The van der Waals surface area contributed by atoms with Crippen molar-refractivity contribution in [3.05, 3.63) is 90.0 Å². The van der Waals surface area contributed by atoms with Crippen LogP contribution in [0.5, 0.6) is 0 Å². The van der Waals surface area contributed by atoms with Crippen molar-refractivity contribution >= 4 is 11.7 Å². The maximum absolute atomic E-state index is 13.1. The molecule has 2 amide bonds. The molecule has 0 spiro atoms. The summed E-state index contributed by atoms with van der Waals surface area (Å²) in [7, 11) is 0. The maximum atomic E-state index is 13.1. The molecule has 4 nitrogen and oxygen atoms in total. The maximum Gasteiger partial charge on any atom is 0.322 e. The number of hydrogen-bond donors (Lipinski definition) is 2. The van der Waals surface area contributed by atoms with Gasteiger partial charge in [0.1, 0.15) is 0 Å². The van der Waals surface area contributed by atoms with Crippen LogP contribution in [0.15, 0.2) is 78.9 Å². The molecule has 4 heteroatoms. The second-order valence-electron chi connectivity index (χ2n) is 8.30. The zero-order valence-electron chi connectivity index (χ0n) is 25.3. The van der Waals surface area contributed by atoms with Crippen molar-refractivity contribution < 1.29 is 4.79 Å². The van der Waals surface area contributed by atoms with Gasteiger partial charge in [-0.25, -0.2) is 4.79 Å². The Kier molecular flexibility index (Phi) is 20.1. The second-order valence-corrected chi connectivity index (χ2v) is 8.30. The molecule has 0 aromatic heterocycles. The molecule has 0 aliphatic heterocycles. The van der Waals surface area contributed by atoms with Gasteiger partial charge >= 0.3 is 6.03 Å². The number of nitrogens with one attached hydrogen (secondary N) is 1. The van der Waals surface area contributed by atoms with Crippen LogP contribution in [-0.4, -0.2) is 18.6 Å². The molecule has 0 fully saturated rings. The van der Waals surface area contributed by atoms with Crippen LogP contribution in [0.3, 0.4) is 0 Å². The average molecular weight is 520 g/mol. The van der Waals surface area contributed by atoms with Gasteiger partial charge in [-0.15, -0.1) is 0 Å². The lowest BCUT2D eigenvalue weighted by Crippen LogP contribution is -2.46. The molecule has 0 heterocycles. The molecule has 0 aliphatic carbocycles. The van der Waals surface area contributed by atoms with Crippen molar-refractivity contribution in [1.82, 2.24) is 5.32 Å². The van der Waals surface area contributed by atoms with E-state index in [-0.39, 0.29) is 12.1 Å². The lowest BCUT2D eigenvalue weighted by molar-refractivity contribution is 0.245. The third kappa shape index (κ3) is 12.4. The Morgan fingerprint density at radius 1 is 0.737 bits per heavy atom. The summed E-state index contributed by atoms with van der Waals surface area (Å²) in [4.78, 5) is 14.8. The average Bonchev–Trinajstić information content (AvgIpc) is 2.99. The highest BCUT2D eigenvalue weighted by atomic mass is 16.2. The number of benzene rings is 3. The van der Waals surface area contributed by atoms with E-state index in [2.05, 4.69) is 55.6 Å². The van der Waals surface area contributed by atoms with Crippen LogP contribution < -0.4 is 16.0 Å². The summed E-state index contributed by atoms with van der Waals surface area (Å²) in [6.07, 6.45) is 4.12. The van der Waals surface area contributed by atoms with Crippen molar-refractivity contribution in [1.29, 1.82) is 0 Å². The van der Waals surface area contributed by atoms with Crippen molar-refractivity contribution in [2.75, 3.05) is 11.4 Å². The Hall–Kier alpha value is -3.11. The Morgan fingerprint density at radius 3 is 1.76 bits per heavy atom. The van der Waals surface area contributed by atoms with E-state index in [0.717, 1.165) is 42.5 Å². The van der Waals surface area contributed by atoms with Gasteiger partial charge in [-0.1, -0.05) is 135 Å². The van der Waals surface area contributed by atoms with Crippen LogP contribution in [0.1, 0.15) is 85.8 Å². The van der Waals surface area contributed by atoms with Gasteiger partial charge in [-0.2, -0.15) is 0 Å². The Labute approximate surface area is 233 Å². The van der Waals surface area contributed by atoms with Crippen LogP contribution in [0.2, 0.25) is 0 Å². The third-order valence-electron chi connectivity index (χ3n) is 5.61. The minimum Gasteiger partial charge on any atom is -0.334 e. The van der Waals surface area contributed by atoms with Gasteiger partial charge in [0.25, 0.3) is 0 Å². The predicted molar refractivity (Wildman–Crippen MR) is 169 cm³/mol. The summed E-state index contributed by atoms with van der Waals surface area (Å²) in [5.74, 6) is 0. The molecule has 38 heavy (non-hydrogen) atoms. The second kappa shape index (κ2) is 21.9. The first kappa shape index (κ1) is 34.9. The van der Waals surface area contributed by atoms with Gasteiger partial charge in [0.15, 0.2) is 0 Å². The molecule has 1 unspecified atom stereocenters. The quantitative estimate of drug-likeness (QED) is 0.280. The first-order valence-corrected chi connectivity index (χ1v) is 14.6. The van der Waals surface area contributed by atoms with Crippen LogP contribution in [0.4, 0.5) is 10.5 Å². The minimum absolute atomic E-state index is 0.0618. The van der Waals surface area contributed by atoms with E-state index in [1.165, 1.54) is 11.1 Å². The molecule has 3 aromatic rings. The Bertz CT molecular complexity index is 953. The number of amides is 2. The van der Waals surface area contributed by atoms with E-state index in [0.29, 0.717) is 13.1 Å². The van der Waals surface area contributed by atoms with E-state index in [1.54, 1.807) is 4.90 Å². The molecular weight excluding hydrogens is 466 g/mol. The molecule has 0 radical (unpaired) electrons. The van der Waals surface area contributed by atoms with Gasteiger partial charge < -0.3 is 11.1 Å². The van der Waals surface area contributed by atoms with E-state index >= 15 is 0 Å². The molecule has 0 aliphatic rings. The van der Waals surface area contributed by atoms with Crippen LogP contribution in [-0.2, 0) is 13.0 Å². The molecular formula is C34H53N3O. The largest absolute Gasteiger partial charge is 0.334 e. The first-order chi connectivity index (χ1) is 18.6. The number of anilines is 1. The van der Waals surface area contributed by atoms with Crippen LogP contribution >= 0.6 is 0 Å². The first-order valence-electron chi connectivity index (χ1n) is 14.6. The zero-order chi connectivity index (χ0) is 28.8. The van der Waals surface area contributed by atoms with Gasteiger partial charge in [0.05, 0.1) is 0 Å². The van der Waals surface area contributed by atoms with Crippen LogP contribution in [0.25, 0.3) is 11.1 Å². The molecule has 1 atom stereocenters. The number of aryl methyl sites for hydroxylation is 1. The number of nitrogens with zero attached hydrogens (tertiary/aromatic N) is 1. The molecule has 0 saturated carbocycles. The SMILES string of the molecule is CC.CC.CC.CCCc1ccc(-c2ccc(N(CC(N)CCC)C(=O)NCc3ccccc3)cc2)cc1. The number of carbonyl (C=O) groups is 1. The fourth-order valence-electron chi connectivity index (χ4n) is 3.86. The van der Waals surface area contributed by atoms with E-state index in [4.69, 9.17) is 5.73 Å². The van der Waals surface area contributed by atoms with Gasteiger partial charge in [0, 0.05) is 24.8 Å². The van der Waals surface area contributed by atoms with E-state index in [9.17, 15) is 4.79 Å². The summed E-state index contributed by atoms with van der Waals surface area (Å²) >= 11 is 0. The molecule has 0 saturated heterocycles. The number of hydrogen-bond acceptors (Lipinski definition) is 2. The fraction of sp³-hybridized carbons (Fsp3) is 0.441. The fourth-order valence-corrected chi connectivity index (χ4v) is 3.86. The molecule has 210 valence electrons. The highest BCUT2D eigenvalue weighted by Gasteiger charge is 2.18. The summed E-state index contributed by atoms with van der Waals surface area (Å²) in [5.41, 5.74) is 11.9. The van der Waals surface area contributed by atoms with Crippen molar-refractivity contribution in [2.24, 2.45) is 5.73 Å². The Balaban J connectivity index is 0.00000213. The Morgan fingerprint density at radius 2 is 1.26 bits per heavy atom. The highest BCUT2D eigenvalue weighted by Crippen LogP contribution is 2.24. The molecule has 3 N–H and O–H groups in total. The third-order valence-corrected chi connectivity index (χ3v) is 5.61. The predicted octanol–water partition coefficient (Wildman–Crippen LogP) is 9.23. The molecule has 3 rings (SSSR count). The number of nitrogens with two attached hydrogens (primary N) is 1. The monoisotopic (exact) mass is 519 g/mol. The highest BCUT2D eigenvalue weighted by molar-refractivity contribution is 5.92. The lowest BCUT2D eigenvalue weighted by Gasteiger charge is -2.26. The van der Waals surface area contributed by atoms with Gasteiger partial charge in [-0.05, 0) is 47.2 Å². The van der Waals surface area contributed by atoms with Crippen molar-refractivity contribution in [2.45, 2.75) is 93.7 Å². The summed E-state index contributed by atoms with van der Waals surface area (Å²) in [6, 6.07) is 26.6. The minimum atomic E-state index is -0.128. The summed E-state index contributed by atoms with van der Waals surface area (Å²) in [6.45, 7) is 17.3. The van der Waals surface area contributed by atoms with E-state index in [1.807, 2.05) is 84.0 Å². The zero-order valence-corrected chi connectivity index (χ0v) is 25.3. The van der Waals surface area contributed by atoms with Crippen molar-refractivity contribution in [3.8, 4) is 11.1 Å². The molecule has 0 bridgehead atoms. The summed E-state index contributed by atoms with van der Waals surface area (Å²) in [5, 5.41) is 3.04.